The quantitative estimate of drug-likeness (QED) is 0.586. The number of benzene rings is 3. The fourth-order valence-electron chi connectivity index (χ4n) is 3.75. The lowest BCUT2D eigenvalue weighted by molar-refractivity contribution is 0.599. The summed E-state index contributed by atoms with van der Waals surface area (Å²) >= 11 is 0. The van der Waals surface area contributed by atoms with Gasteiger partial charge in [0.05, 0.1) is 11.0 Å². The summed E-state index contributed by atoms with van der Waals surface area (Å²) in [5, 5.41) is 2.59. The molecule has 1 atom stereocenters. The van der Waals surface area contributed by atoms with Crippen LogP contribution >= 0.6 is 0 Å². The summed E-state index contributed by atoms with van der Waals surface area (Å²) in [6.07, 6.45) is 0.904. The van der Waals surface area contributed by atoms with E-state index in [1.165, 1.54) is 21.9 Å². The van der Waals surface area contributed by atoms with Crippen LogP contribution in [0.5, 0.6) is 0 Å². The highest BCUT2D eigenvalue weighted by Gasteiger charge is 2.19. The molecule has 1 aromatic heterocycles. The van der Waals surface area contributed by atoms with Crippen molar-refractivity contribution in [3.63, 3.8) is 0 Å². The molecule has 3 nitrogen and oxygen atoms in total. The summed E-state index contributed by atoms with van der Waals surface area (Å²) in [4.78, 5) is 4.91. The Labute approximate surface area is 148 Å². The molecule has 0 bridgehead atoms. The van der Waals surface area contributed by atoms with Gasteiger partial charge in [0.2, 0.25) is 0 Å². The predicted octanol–water partition coefficient (Wildman–Crippen LogP) is 4.49. The Morgan fingerprint density at radius 2 is 1.72 bits per heavy atom. The van der Waals surface area contributed by atoms with Gasteiger partial charge in [0.15, 0.2) is 0 Å². The number of hydrogen-bond donors (Lipinski definition) is 1. The normalized spacial score (nSPS) is 12.7. The van der Waals surface area contributed by atoms with Crippen molar-refractivity contribution in [3.05, 3.63) is 78.1 Å². The van der Waals surface area contributed by atoms with Crippen LogP contribution in [0.25, 0.3) is 21.8 Å². The van der Waals surface area contributed by atoms with Gasteiger partial charge in [-0.15, -0.1) is 0 Å². The molecule has 2 N–H and O–H groups in total. The number of fused-ring (bicyclic) bond motifs is 2. The fraction of sp³-hybridized carbons (Fsp3) is 0.227. The minimum Gasteiger partial charge on any atom is -0.330 e. The van der Waals surface area contributed by atoms with Crippen LogP contribution in [0.1, 0.15) is 24.2 Å². The van der Waals surface area contributed by atoms with Crippen LogP contribution in [0.4, 0.5) is 0 Å². The minimum atomic E-state index is 0.207. The van der Waals surface area contributed by atoms with E-state index in [4.69, 9.17) is 10.7 Å². The van der Waals surface area contributed by atoms with Crippen molar-refractivity contribution < 1.29 is 0 Å². The second-order valence-corrected chi connectivity index (χ2v) is 6.48. The predicted molar refractivity (Wildman–Crippen MR) is 105 cm³/mol. The topological polar surface area (TPSA) is 43.8 Å². The molecule has 4 rings (SSSR count). The molecular weight excluding hydrogens is 306 g/mol. The second-order valence-electron chi connectivity index (χ2n) is 6.48. The van der Waals surface area contributed by atoms with Crippen molar-refractivity contribution in [2.45, 2.75) is 25.8 Å². The lowest BCUT2D eigenvalue weighted by Gasteiger charge is -2.17. The molecule has 0 fully saturated rings. The molecule has 1 heterocycles. The zero-order valence-electron chi connectivity index (χ0n) is 14.5. The van der Waals surface area contributed by atoms with Gasteiger partial charge in [-0.3, -0.25) is 0 Å². The van der Waals surface area contributed by atoms with Crippen molar-refractivity contribution in [2.24, 2.45) is 5.73 Å². The fourth-order valence-corrected chi connectivity index (χ4v) is 3.75. The largest absolute Gasteiger partial charge is 0.330 e. The third-order valence-corrected chi connectivity index (χ3v) is 5.00. The van der Waals surface area contributed by atoms with Gasteiger partial charge in [0.1, 0.15) is 5.82 Å². The van der Waals surface area contributed by atoms with Gasteiger partial charge in [-0.2, -0.15) is 0 Å². The summed E-state index contributed by atoms with van der Waals surface area (Å²) in [7, 11) is 0. The molecular formula is C22H23N3. The minimum absolute atomic E-state index is 0.207. The first-order valence-electron chi connectivity index (χ1n) is 8.93. The number of para-hydroxylation sites is 2. The number of imidazole rings is 1. The van der Waals surface area contributed by atoms with Crippen LogP contribution in [-0.2, 0) is 13.0 Å². The van der Waals surface area contributed by atoms with E-state index < -0.39 is 0 Å². The Balaban J connectivity index is 1.78. The maximum atomic E-state index is 6.19. The molecule has 0 saturated carbocycles. The van der Waals surface area contributed by atoms with E-state index in [0.717, 1.165) is 24.3 Å². The van der Waals surface area contributed by atoms with E-state index in [0.29, 0.717) is 6.54 Å². The van der Waals surface area contributed by atoms with Crippen LogP contribution < -0.4 is 5.73 Å². The summed E-state index contributed by atoms with van der Waals surface area (Å²) in [5.74, 6) is 1.30. The zero-order valence-corrected chi connectivity index (χ0v) is 14.5. The first-order valence-corrected chi connectivity index (χ1v) is 8.93. The van der Waals surface area contributed by atoms with Gasteiger partial charge in [0, 0.05) is 19.0 Å². The van der Waals surface area contributed by atoms with Crippen LogP contribution in [0, 0.1) is 0 Å². The molecule has 0 aliphatic carbocycles. The van der Waals surface area contributed by atoms with Gasteiger partial charge in [-0.1, -0.05) is 54.6 Å². The number of rotatable bonds is 5. The average Bonchev–Trinajstić information content (AvgIpc) is 3.04. The Kier molecular flexibility index (Phi) is 4.24. The molecule has 3 aromatic carbocycles. The van der Waals surface area contributed by atoms with E-state index in [1.807, 2.05) is 6.07 Å². The van der Waals surface area contributed by atoms with Gasteiger partial charge in [0.25, 0.3) is 0 Å². The Morgan fingerprint density at radius 1 is 0.960 bits per heavy atom. The molecule has 4 aromatic rings. The summed E-state index contributed by atoms with van der Waals surface area (Å²) in [6, 6.07) is 23.4. The number of aromatic nitrogens is 2. The molecule has 0 saturated heterocycles. The molecule has 3 heteroatoms. The smallest absolute Gasteiger partial charge is 0.114 e. The van der Waals surface area contributed by atoms with E-state index >= 15 is 0 Å². The molecule has 0 aliphatic rings. The zero-order chi connectivity index (χ0) is 17.2. The van der Waals surface area contributed by atoms with Gasteiger partial charge in [-0.25, -0.2) is 4.98 Å². The highest BCUT2D eigenvalue weighted by molar-refractivity contribution is 5.85. The second kappa shape index (κ2) is 6.69. The van der Waals surface area contributed by atoms with Crippen molar-refractivity contribution in [1.82, 2.24) is 9.55 Å². The average molecular weight is 329 g/mol. The van der Waals surface area contributed by atoms with Gasteiger partial charge in [-0.05, 0) is 41.8 Å². The number of nitrogens with zero attached hydrogens (tertiary/aromatic N) is 2. The summed E-state index contributed by atoms with van der Waals surface area (Å²) < 4.78 is 2.30. The summed E-state index contributed by atoms with van der Waals surface area (Å²) in [5.41, 5.74) is 9.77. The van der Waals surface area contributed by atoms with Gasteiger partial charge < -0.3 is 10.3 Å². The lowest BCUT2D eigenvalue weighted by atomic mass is 9.94. The third-order valence-electron chi connectivity index (χ3n) is 5.00. The highest BCUT2D eigenvalue weighted by atomic mass is 15.1. The molecule has 25 heavy (non-hydrogen) atoms. The SMILES string of the molecule is CCn1c(C(CN)Cc2cccc3ccccc23)nc2ccccc21. The van der Waals surface area contributed by atoms with Crippen molar-refractivity contribution in [2.75, 3.05) is 6.54 Å². The highest BCUT2D eigenvalue weighted by Crippen LogP contribution is 2.27. The first kappa shape index (κ1) is 15.9. The molecule has 126 valence electrons. The summed E-state index contributed by atoms with van der Waals surface area (Å²) in [6.45, 7) is 3.66. The molecule has 0 spiro atoms. The van der Waals surface area contributed by atoms with Crippen LogP contribution in [0.3, 0.4) is 0 Å². The van der Waals surface area contributed by atoms with E-state index in [-0.39, 0.29) is 5.92 Å². The van der Waals surface area contributed by atoms with Crippen molar-refractivity contribution in [3.8, 4) is 0 Å². The van der Waals surface area contributed by atoms with Crippen LogP contribution in [0.2, 0.25) is 0 Å². The van der Waals surface area contributed by atoms with E-state index in [1.54, 1.807) is 0 Å². The maximum absolute atomic E-state index is 6.19. The number of nitrogens with two attached hydrogens (primary N) is 1. The molecule has 1 unspecified atom stereocenters. The first-order chi connectivity index (χ1) is 12.3. The van der Waals surface area contributed by atoms with Crippen molar-refractivity contribution >= 4 is 21.8 Å². The van der Waals surface area contributed by atoms with E-state index in [9.17, 15) is 0 Å². The molecule has 0 aliphatic heterocycles. The number of hydrogen-bond acceptors (Lipinski definition) is 2. The Morgan fingerprint density at radius 3 is 2.56 bits per heavy atom. The van der Waals surface area contributed by atoms with E-state index in [2.05, 4.69) is 72.2 Å². The monoisotopic (exact) mass is 329 g/mol. The molecule has 0 radical (unpaired) electrons. The van der Waals surface area contributed by atoms with Crippen LogP contribution in [-0.4, -0.2) is 16.1 Å². The van der Waals surface area contributed by atoms with Crippen molar-refractivity contribution in [1.29, 1.82) is 0 Å². The number of aryl methyl sites for hydroxylation is 1. The Hall–Kier alpha value is -2.65. The molecule has 0 amide bonds. The third kappa shape index (κ3) is 2.81. The van der Waals surface area contributed by atoms with Crippen LogP contribution in [0.15, 0.2) is 66.7 Å². The lowest BCUT2D eigenvalue weighted by Crippen LogP contribution is -2.19. The Bertz CT molecular complexity index is 1010. The maximum Gasteiger partial charge on any atom is 0.114 e. The standard InChI is InChI=1S/C22H23N3/c1-2-25-21-13-6-5-12-20(21)24-22(25)18(15-23)14-17-10-7-9-16-8-3-4-11-19(16)17/h3-13,18H,2,14-15,23H2,1H3. The van der Waals surface area contributed by atoms with Gasteiger partial charge >= 0.3 is 0 Å².